The second kappa shape index (κ2) is 4.77. The zero-order chi connectivity index (χ0) is 14.1. The summed E-state index contributed by atoms with van der Waals surface area (Å²) in [6.45, 7) is 0. The molecule has 21 heavy (non-hydrogen) atoms. The molecule has 1 fully saturated rings. The summed E-state index contributed by atoms with van der Waals surface area (Å²) < 4.78 is 5.55. The molecule has 0 radical (unpaired) electrons. The molecule has 0 amide bonds. The van der Waals surface area contributed by atoms with Crippen molar-refractivity contribution in [3.8, 4) is 11.5 Å². The van der Waals surface area contributed by atoms with Crippen LogP contribution in [0.3, 0.4) is 0 Å². The molecule has 0 bridgehead atoms. The molecule has 1 aliphatic carbocycles. The van der Waals surface area contributed by atoms with Gasteiger partial charge in [-0.3, -0.25) is 4.98 Å². The second-order valence-corrected chi connectivity index (χ2v) is 5.32. The Hall–Kier alpha value is -2.56. The third-order valence-corrected chi connectivity index (χ3v) is 4.16. The average Bonchev–Trinajstić information content (AvgIpc) is 2.98. The van der Waals surface area contributed by atoms with Gasteiger partial charge < -0.3 is 4.52 Å². The van der Waals surface area contributed by atoms with Crippen LogP contribution >= 0.6 is 0 Å². The molecule has 0 saturated heterocycles. The first kappa shape index (κ1) is 12.2. The summed E-state index contributed by atoms with van der Waals surface area (Å²) in [5.41, 5.74) is 1.75. The molecule has 3 aromatic rings. The predicted molar refractivity (Wildman–Crippen MR) is 76.4 cm³/mol. The van der Waals surface area contributed by atoms with Crippen LogP contribution in [0.25, 0.3) is 11.5 Å². The van der Waals surface area contributed by atoms with Crippen molar-refractivity contribution in [1.29, 1.82) is 0 Å². The summed E-state index contributed by atoms with van der Waals surface area (Å²) >= 11 is 0. The smallest absolute Gasteiger partial charge is 0.237 e. The standard InChI is InChI=1S/C16H14N4O/c1-2-5-12(6-3-1)16(7-4-8-16)15-19-14(20-21-15)13-11-17-9-10-18-13/h1-3,5-6,9-11H,4,7-8H2. The number of nitrogens with zero attached hydrogens (tertiary/aromatic N) is 4. The minimum absolute atomic E-state index is 0.130. The fourth-order valence-corrected chi connectivity index (χ4v) is 2.85. The molecule has 0 atom stereocenters. The number of hydrogen-bond donors (Lipinski definition) is 0. The van der Waals surface area contributed by atoms with E-state index in [0.29, 0.717) is 17.4 Å². The van der Waals surface area contributed by atoms with Crippen molar-refractivity contribution in [2.75, 3.05) is 0 Å². The number of aromatic nitrogens is 4. The van der Waals surface area contributed by atoms with Crippen molar-refractivity contribution in [3.05, 3.63) is 60.4 Å². The molecule has 1 aliphatic rings. The highest BCUT2D eigenvalue weighted by Crippen LogP contribution is 2.48. The molecule has 2 aromatic heterocycles. The van der Waals surface area contributed by atoms with Gasteiger partial charge in [-0.1, -0.05) is 41.9 Å². The van der Waals surface area contributed by atoms with Gasteiger partial charge in [0.1, 0.15) is 5.69 Å². The summed E-state index contributed by atoms with van der Waals surface area (Å²) in [6.07, 6.45) is 8.16. The topological polar surface area (TPSA) is 64.7 Å². The van der Waals surface area contributed by atoms with Gasteiger partial charge in [0.2, 0.25) is 11.7 Å². The maximum atomic E-state index is 5.55. The first-order valence-electron chi connectivity index (χ1n) is 7.05. The van der Waals surface area contributed by atoms with E-state index in [9.17, 15) is 0 Å². The normalized spacial score (nSPS) is 16.4. The lowest BCUT2D eigenvalue weighted by Gasteiger charge is -2.38. The molecule has 0 spiro atoms. The van der Waals surface area contributed by atoms with Crippen LogP contribution in [-0.2, 0) is 5.41 Å². The lowest BCUT2D eigenvalue weighted by molar-refractivity contribution is 0.216. The molecule has 5 heteroatoms. The zero-order valence-corrected chi connectivity index (χ0v) is 11.4. The van der Waals surface area contributed by atoms with E-state index in [0.717, 1.165) is 12.8 Å². The first-order chi connectivity index (χ1) is 10.4. The lowest BCUT2D eigenvalue weighted by Crippen LogP contribution is -2.35. The van der Waals surface area contributed by atoms with Crippen molar-refractivity contribution >= 4 is 0 Å². The Labute approximate surface area is 122 Å². The molecule has 2 heterocycles. The largest absolute Gasteiger partial charge is 0.338 e. The highest BCUT2D eigenvalue weighted by atomic mass is 16.5. The molecule has 0 aliphatic heterocycles. The van der Waals surface area contributed by atoms with Crippen molar-refractivity contribution < 1.29 is 4.52 Å². The van der Waals surface area contributed by atoms with Crippen molar-refractivity contribution in [3.63, 3.8) is 0 Å². The Bertz CT molecular complexity index is 735. The van der Waals surface area contributed by atoms with Crippen molar-refractivity contribution in [2.24, 2.45) is 0 Å². The SMILES string of the molecule is c1ccc(C2(c3nc(-c4cnccn4)no3)CCC2)cc1. The highest BCUT2D eigenvalue weighted by molar-refractivity contribution is 5.46. The van der Waals surface area contributed by atoms with Crippen LogP contribution in [0.5, 0.6) is 0 Å². The molecule has 0 unspecified atom stereocenters. The number of rotatable bonds is 3. The summed E-state index contributed by atoms with van der Waals surface area (Å²) in [5, 5.41) is 4.07. The molecule has 104 valence electrons. The lowest BCUT2D eigenvalue weighted by atomic mass is 9.64. The monoisotopic (exact) mass is 278 g/mol. The van der Waals surface area contributed by atoms with E-state index in [1.165, 1.54) is 12.0 Å². The van der Waals surface area contributed by atoms with E-state index in [4.69, 9.17) is 4.52 Å². The van der Waals surface area contributed by atoms with Gasteiger partial charge in [0, 0.05) is 12.4 Å². The fourth-order valence-electron chi connectivity index (χ4n) is 2.85. The van der Waals surface area contributed by atoms with Gasteiger partial charge in [-0.2, -0.15) is 4.98 Å². The third kappa shape index (κ3) is 1.93. The van der Waals surface area contributed by atoms with Gasteiger partial charge in [0.25, 0.3) is 0 Å². The minimum atomic E-state index is -0.130. The quantitative estimate of drug-likeness (QED) is 0.737. The van der Waals surface area contributed by atoms with Crippen molar-refractivity contribution in [1.82, 2.24) is 20.1 Å². The molecule has 0 N–H and O–H groups in total. The van der Waals surface area contributed by atoms with E-state index in [-0.39, 0.29) is 5.41 Å². The maximum absolute atomic E-state index is 5.55. The van der Waals surface area contributed by atoms with Crippen LogP contribution in [0, 0.1) is 0 Å². The van der Waals surface area contributed by atoms with E-state index >= 15 is 0 Å². The van der Waals surface area contributed by atoms with Crippen LogP contribution in [0.15, 0.2) is 53.4 Å². The van der Waals surface area contributed by atoms with Crippen molar-refractivity contribution in [2.45, 2.75) is 24.7 Å². The van der Waals surface area contributed by atoms with Crippen LogP contribution < -0.4 is 0 Å². The van der Waals surface area contributed by atoms with E-state index in [2.05, 4.69) is 44.4 Å². The van der Waals surface area contributed by atoms with E-state index < -0.39 is 0 Å². The second-order valence-electron chi connectivity index (χ2n) is 5.32. The van der Waals surface area contributed by atoms with Gasteiger partial charge in [0.05, 0.1) is 11.6 Å². The zero-order valence-electron chi connectivity index (χ0n) is 11.4. The van der Waals surface area contributed by atoms with E-state index in [1.807, 2.05) is 6.07 Å². The summed E-state index contributed by atoms with van der Waals surface area (Å²) in [5.74, 6) is 1.18. The molecule has 5 nitrogen and oxygen atoms in total. The summed E-state index contributed by atoms with van der Waals surface area (Å²) in [7, 11) is 0. The van der Waals surface area contributed by atoms with Gasteiger partial charge in [-0.15, -0.1) is 0 Å². The maximum Gasteiger partial charge on any atom is 0.237 e. The Morgan fingerprint density at radius 2 is 1.90 bits per heavy atom. The van der Waals surface area contributed by atoms with Gasteiger partial charge in [-0.25, -0.2) is 4.98 Å². The Balaban J connectivity index is 1.75. The van der Waals surface area contributed by atoms with Gasteiger partial charge in [-0.05, 0) is 18.4 Å². The molecule has 1 saturated carbocycles. The molecule has 1 aromatic carbocycles. The van der Waals surface area contributed by atoms with Gasteiger partial charge >= 0.3 is 0 Å². The fraction of sp³-hybridized carbons (Fsp3) is 0.250. The summed E-state index contributed by atoms with van der Waals surface area (Å²) in [4.78, 5) is 12.8. The Morgan fingerprint density at radius 3 is 2.57 bits per heavy atom. The third-order valence-electron chi connectivity index (χ3n) is 4.16. The predicted octanol–water partition coefficient (Wildman–Crippen LogP) is 3.00. The van der Waals surface area contributed by atoms with E-state index in [1.54, 1.807) is 18.6 Å². The Kier molecular flexibility index (Phi) is 2.77. The van der Waals surface area contributed by atoms with Crippen LogP contribution in [0.1, 0.15) is 30.7 Å². The summed E-state index contributed by atoms with van der Waals surface area (Å²) in [6, 6.07) is 10.4. The first-order valence-corrected chi connectivity index (χ1v) is 7.05. The van der Waals surface area contributed by atoms with Crippen LogP contribution in [-0.4, -0.2) is 20.1 Å². The average molecular weight is 278 g/mol. The molecular formula is C16H14N4O. The Morgan fingerprint density at radius 1 is 1.05 bits per heavy atom. The molecule has 4 rings (SSSR count). The van der Waals surface area contributed by atoms with Crippen LogP contribution in [0.4, 0.5) is 0 Å². The molecular weight excluding hydrogens is 264 g/mol. The number of benzene rings is 1. The minimum Gasteiger partial charge on any atom is -0.338 e. The van der Waals surface area contributed by atoms with Gasteiger partial charge in [0.15, 0.2) is 0 Å². The van der Waals surface area contributed by atoms with Crippen LogP contribution in [0.2, 0.25) is 0 Å². The highest BCUT2D eigenvalue weighted by Gasteiger charge is 2.45. The number of hydrogen-bond acceptors (Lipinski definition) is 5.